The Bertz CT molecular complexity index is 68.4. The molecule has 8 heavy (non-hydrogen) atoms. The Morgan fingerprint density at radius 1 is 1.12 bits per heavy atom. The maximum atomic E-state index is 9.44. The zero-order valence-electron chi connectivity index (χ0n) is 5.26. The van der Waals surface area contributed by atoms with Crippen LogP contribution in [0.1, 0.15) is 20.8 Å². The minimum atomic E-state index is 0.104. The molecule has 0 rings (SSSR count). The van der Waals surface area contributed by atoms with Crippen LogP contribution in [0.4, 0.5) is 0 Å². The molecule has 0 unspecified atom stereocenters. The Kier molecular flexibility index (Phi) is 9.37. The molecule has 0 fully saturated rings. The van der Waals surface area contributed by atoms with Crippen LogP contribution in [0.3, 0.4) is 0 Å². The molecular formula is C5H9O2V. The Balaban J connectivity index is 0. The summed E-state index contributed by atoms with van der Waals surface area (Å²) in [4.78, 5) is 18.9. The average molecular weight is 152 g/mol. The first-order valence-electron chi connectivity index (χ1n) is 2.13. The second kappa shape index (κ2) is 6.92. The maximum absolute atomic E-state index is 9.44. The zero-order valence-corrected chi connectivity index (χ0v) is 6.66. The van der Waals surface area contributed by atoms with E-state index >= 15 is 0 Å². The van der Waals surface area contributed by atoms with E-state index in [1.54, 1.807) is 0 Å². The second-order valence-electron chi connectivity index (χ2n) is 1.43. The van der Waals surface area contributed by atoms with Gasteiger partial charge in [-0.2, -0.15) is 0 Å². The molecule has 0 atom stereocenters. The molecule has 3 heteroatoms. The summed E-state index contributed by atoms with van der Waals surface area (Å²) in [6.45, 7) is 4.56. The van der Waals surface area contributed by atoms with E-state index in [2.05, 4.69) is 0 Å². The first-order chi connectivity index (χ1) is 3.46. The topological polar surface area (TPSA) is 34.1 Å². The van der Waals surface area contributed by atoms with Gasteiger partial charge in [0.1, 0.15) is 5.78 Å². The van der Waals surface area contributed by atoms with Crippen LogP contribution >= 0.6 is 0 Å². The number of hydrogen-bond donors (Lipinski definition) is 0. The van der Waals surface area contributed by atoms with Crippen LogP contribution in [-0.2, 0) is 27.0 Å². The van der Waals surface area contributed by atoms with Crippen molar-refractivity contribution in [2.24, 2.45) is 0 Å². The van der Waals surface area contributed by atoms with Crippen molar-refractivity contribution in [3.63, 3.8) is 0 Å². The Morgan fingerprint density at radius 3 is 1.12 bits per heavy atom. The Morgan fingerprint density at radius 2 is 1.12 bits per heavy atom. The van der Waals surface area contributed by atoms with Gasteiger partial charge in [0.25, 0.3) is 0 Å². The third-order valence-electron chi connectivity index (χ3n) is 0. The summed E-state index contributed by atoms with van der Waals surface area (Å²) in [5, 5.41) is 0. The molecule has 0 aromatic rings. The Labute approximate surface area is 58.6 Å². The third kappa shape index (κ3) is 25100. The van der Waals surface area contributed by atoms with Gasteiger partial charge in [0.05, 0.1) is 0 Å². The van der Waals surface area contributed by atoms with Crippen molar-refractivity contribution < 1.29 is 27.0 Å². The Hall–Kier alpha value is -0.0756. The van der Waals surface area contributed by atoms with Gasteiger partial charge in [-0.15, -0.1) is 0 Å². The van der Waals surface area contributed by atoms with Crippen LogP contribution in [0.2, 0.25) is 0 Å². The number of carbonyl (C=O) groups is 2. The van der Waals surface area contributed by atoms with Crippen LogP contribution in [0.25, 0.3) is 0 Å². The second-order valence-corrected chi connectivity index (χ2v) is 2.41. The van der Waals surface area contributed by atoms with Crippen molar-refractivity contribution in [1.29, 1.82) is 0 Å². The molecule has 46 valence electrons. The third-order valence-corrected chi connectivity index (χ3v) is 0. The molecule has 0 heterocycles. The number of hydrogen-bond acceptors (Lipinski definition) is 2. The molecule has 0 saturated carbocycles. The number of rotatable bonds is 0. The van der Waals surface area contributed by atoms with E-state index in [0.717, 1.165) is 0 Å². The molecule has 0 aliphatic carbocycles. The van der Waals surface area contributed by atoms with Crippen LogP contribution in [0.5, 0.6) is 0 Å². The quantitative estimate of drug-likeness (QED) is 0.511. The van der Waals surface area contributed by atoms with E-state index in [1.807, 2.05) is 17.4 Å². The van der Waals surface area contributed by atoms with E-state index in [0.29, 0.717) is 0 Å². The summed E-state index contributed by atoms with van der Waals surface area (Å²) in [5.41, 5.74) is 0. The van der Waals surface area contributed by atoms with Crippen molar-refractivity contribution in [2.45, 2.75) is 20.8 Å². The van der Waals surface area contributed by atoms with Gasteiger partial charge >= 0.3 is 33.6 Å². The van der Waals surface area contributed by atoms with Crippen molar-refractivity contribution in [1.82, 2.24) is 0 Å². The van der Waals surface area contributed by atoms with Crippen molar-refractivity contribution in [3.8, 4) is 0 Å². The van der Waals surface area contributed by atoms with Gasteiger partial charge < -0.3 is 4.79 Å². The molecule has 0 radical (unpaired) electrons. The SMILES string of the molecule is CC(C)=O.C[C](=O)[V]. The molecule has 0 saturated heterocycles. The average Bonchev–Trinajstić information content (AvgIpc) is 1.25. The first kappa shape index (κ1) is 10.8. The van der Waals surface area contributed by atoms with Gasteiger partial charge in [0.15, 0.2) is 0 Å². The summed E-state index contributed by atoms with van der Waals surface area (Å²) >= 11 is 1.90. The molecule has 0 aliphatic rings. The minimum absolute atomic E-state index is 0.104. The van der Waals surface area contributed by atoms with Gasteiger partial charge in [-0.25, -0.2) is 0 Å². The van der Waals surface area contributed by atoms with Crippen molar-refractivity contribution >= 4 is 10.3 Å². The fourth-order valence-electron chi connectivity index (χ4n) is 0. The van der Waals surface area contributed by atoms with E-state index in [-0.39, 0.29) is 10.3 Å². The van der Waals surface area contributed by atoms with Crippen molar-refractivity contribution in [3.05, 3.63) is 0 Å². The van der Waals surface area contributed by atoms with Gasteiger partial charge in [0, 0.05) is 0 Å². The molecule has 0 aromatic heterocycles. The van der Waals surface area contributed by atoms with E-state index in [9.17, 15) is 9.59 Å². The summed E-state index contributed by atoms with van der Waals surface area (Å²) in [7, 11) is 0. The van der Waals surface area contributed by atoms with Gasteiger partial charge in [-0.1, -0.05) is 0 Å². The number of Topliss-reactive ketones (excluding diaryl/α,β-unsaturated/α-hetero) is 1. The summed E-state index contributed by atoms with van der Waals surface area (Å²) < 4.78 is 0.104. The standard InChI is InChI=1S/C3H6O.C2H3O.V/c1-3(2)4;1-2-3;/h1-2H3;1H3;. The molecule has 0 aliphatic heterocycles. The number of ketones is 1. The molecule has 0 spiro atoms. The molecule has 2 nitrogen and oxygen atoms in total. The molecule has 0 N–H and O–H groups in total. The monoisotopic (exact) mass is 152 g/mol. The van der Waals surface area contributed by atoms with Gasteiger partial charge in [0.2, 0.25) is 0 Å². The van der Waals surface area contributed by atoms with E-state index in [1.165, 1.54) is 20.8 Å². The first-order valence-corrected chi connectivity index (χ1v) is 2.83. The fraction of sp³-hybridized carbons (Fsp3) is 0.600. The van der Waals surface area contributed by atoms with Crippen LogP contribution in [-0.4, -0.2) is 10.3 Å². The molecular weight excluding hydrogens is 143 g/mol. The molecule has 0 bridgehead atoms. The van der Waals surface area contributed by atoms with Gasteiger partial charge in [-0.3, -0.25) is 0 Å². The summed E-state index contributed by atoms with van der Waals surface area (Å²) in [6.07, 6.45) is 0. The normalized spacial score (nSPS) is 6.38. The fourth-order valence-corrected chi connectivity index (χ4v) is 0. The van der Waals surface area contributed by atoms with Crippen LogP contribution in [0, 0.1) is 0 Å². The van der Waals surface area contributed by atoms with E-state index < -0.39 is 0 Å². The summed E-state index contributed by atoms with van der Waals surface area (Å²) in [5.74, 6) is 0.167. The van der Waals surface area contributed by atoms with Gasteiger partial charge in [-0.05, 0) is 13.8 Å². The van der Waals surface area contributed by atoms with E-state index in [4.69, 9.17) is 0 Å². The molecule has 0 amide bonds. The van der Waals surface area contributed by atoms with Crippen molar-refractivity contribution in [2.75, 3.05) is 0 Å². The predicted molar refractivity (Wildman–Crippen MR) is 27.0 cm³/mol. The van der Waals surface area contributed by atoms with Crippen LogP contribution < -0.4 is 0 Å². The molecule has 0 aromatic carbocycles. The zero-order chi connectivity index (χ0) is 7.15. The van der Waals surface area contributed by atoms with Crippen LogP contribution in [0.15, 0.2) is 0 Å². The number of carbonyl (C=O) groups excluding carboxylic acids is 2. The summed E-state index contributed by atoms with van der Waals surface area (Å²) in [6, 6.07) is 0. The predicted octanol–water partition coefficient (Wildman–Crippen LogP) is 0.675.